The van der Waals surface area contributed by atoms with Crippen LogP contribution in [-0.4, -0.2) is 10.9 Å². The van der Waals surface area contributed by atoms with Crippen LogP contribution in [0.15, 0.2) is 16.9 Å². The zero-order valence-corrected chi connectivity index (χ0v) is 6.10. The van der Waals surface area contributed by atoms with E-state index in [1.807, 2.05) is 0 Å². The lowest BCUT2D eigenvalue weighted by molar-refractivity contribution is 0.100. The molecule has 1 heterocycles. The molecule has 0 saturated heterocycles. The van der Waals surface area contributed by atoms with Crippen LogP contribution >= 0.6 is 15.9 Å². The molecular weight excluding hydrogens is 184 g/mol. The van der Waals surface area contributed by atoms with Gasteiger partial charge in [-0.3, -0.25) is 4.79 Å². The van der Waals surface area contributed by atoms with Gasteiger partial charge in [0, 0.05) is 6.20 Å². The predicted octanol–water partition coefficient (Wildman–Crippen LogP) is 0.876. The van der Waals surface area contributed by atoms with Gasteiger partial charge in [-0.2, -0.15) is 0 Å². The quantitative estimate of drug-likeness (QED) is 0.676. The number of hydrogen-bond donors (Lipinski definition) is 2. The first-order valence-electron chi connectivity index (χ1n) is 2.34. The summed E-state index contributed by atoms with van der Waals surface area (Å²) in [6.45, 7) is 0. The summed E-state index contributed by atoms with van der Waals surface area (Å²) in [5.74, 6) is -0.419. The Hall–Kier alpha value is -0.770. The number of nitrogens with one attached hydrogen (secondary N) is 1. The van der Waals surface area contributed by atoms with Crippen LogP contribution in [0.1, 0.15) is 10.4 Å². The van der Waals surface area contributed by atoms with Crippen LogP contribution in [0.25, 0.3) is 0 Å². The summed E-state index contributed by atoms with van der Waals surface area (Å²) in [6, 6.07) is 1.63. The molecule has 0 aliphatic heterocycles. The number of aromatic amines is 1. The maximum absolute atomic E-state index is 10.4. The zero-order valence-electron chi connectivity index (χ0n) is 4.52. The summed E-state index contributed by atoms with van der Waals surface area (Å²) in [4.78, 5) is 13.2. The van der Waals surface area contributed by atoms with Crippen molar-refractivity contribution in [1.82, 2.24) is 4.98 Å². The molecule has 3 nitrogen and oxygen atoms in total. The van der Waals surface area contributed by atoms with Gasteiger partial charge in [-0.15, -0.1) is 0 Å². The molecule has 0 spiro atoms. The topological polar surface area (TPSA) is 58.9 Å². The van der Waals surface area contributed by atoms with Crippen molar-refractivity contribution in [2.75, 3.05) is 0 Å². The molecule has 1 amide bonds. The number of aromatic nitrogens is 1. The van der Waals surface area contributed by atoms with E-state index >= 15 is 0 Å². The summed E-state index contributed by atoms with van der Waals surface area (Å²) in [6.07, 6.45) is 1.55. The lowest BCUT2D eigenvalue weighted by Gasteiger charge is -1.80. The highest BCUT2D eigenvalue weighted by molar-refractivity contribution is 9.10. The minimum Gasteiger partial charge on any atom is -0.366 e. The summed E-state index contributed by atoms with van der Waals surface area (Å²) >= 11 is 3.14. The highest BCUT2D eigenvalue weighted by atomic mass is 79.9. The number of primary amides is 1. The highest BCUT2D eigenvalue weighted by Gasteiger charge is 2.00. The number of amides is 1. The average Bonchev–Trinajstić information content (AvgIpc) is 2.14. The van der Waals surface area contributed by atoms with Gasteiger partial charge in [0.2, 0.25) is 5.91 Å². The molecule has 0 radical (unpaired) electrons. The highest BCUT2D eigenvalue weighted by Crippen LogP contribution is 2.08. The molecule has 0 fully saturated rings. The largest absolute Gasteiger partial charge is 0.366 e. The second-order valence-corrected chi connectivity index (χ2v) is 2.45. The minimum absolute atomic E-state index is 0.419. The number of rotatable bonds is 1. The van der Waals surface area contributed by atoms with Gasteiger partial charge in [-0.1, -0.05) is 0 Å². The standard InChI is InChI=1S/C5H5BrN2O/c6-4-1-3(2-8-4)5(7)9/h1-2,8H,(H2,7,9). The van der Waals surface area contributed by atoms with Crippen LogP contribution in [0.2, 0.25) is 0 Å². The predicted molar refractivity (Wildman–Crippen MR) is 37.0 cm³/mol. The van der Waals surface area contributed by atoms with E-state index in [0.717, 1.165) is 4.60 Å². The fraction of sp³-hybridized carbons (Fsp3) is 0. The van der Waals surface area contributed by atoms with Crippen LogP contribution in [0, 0.1) is 0 Å². The number of carbonyl (C=O) groups is 1. The van der Waals surface area contributed by atoms with Crippen molar-refractivity contribution in [3.8, 4) is 0 Å². The van der Waals surface area contributed by atoms with Crippen LogP contribution in [0.4, 0.5) is 0 Å². The molecule has 0 atom stereocenters. The Morgan fingerprint density at radius 3 is 2.67 bits per heavy atom. The molecule has 1 rings (SSSR count). The van der Waals surface area contributed by atoms with Gasteiger partial charge >= 0.3 is 0 Å². The third kappa shape index (κ3) is 1.32. The minimum atomic E-state index is -0.419. The maximum atomic E-state index is 10.4. The van der Waals surface area contributed by atoms with Gasteiger partial charge in [-0.05, 0) is 22.0 Å². The summed E-state index contributed by atoms with van der Waals surface area (Å²) in [5.41, 5.74) is 5.44. The summed E-state index contributed by atoms with van der Waals surface area (Å²) < 4.78 is 0.760. The number of halogens is 1. The van der Waals surface area contributed by atoms with Crippen molar-refractivity contribution in [3.63, 3.8) is 0 Å². The number of hydrogen-bond acceptors (Lipinski definition) is 1. The first kappa shape index (κ1) is 6.35. The zero-order chi connectivity index (χ0) is 6.85. The molecule has 9 heavy (non-hydrogen) atoms. The molecule has 1 aromatic rings. The Balaban J connectivity index is 2.98. The molecule has 3 N–H and O–H groups in total. The van der Waals surface area contributed by atoms with Gasteiger partial charge in [0.25, 0.3) is 0 Å². The smallest absolute Gasteiger partial charge is 0.250 e. The second-order valence-electron chi connectivity index (χ2n) is 1.60. The van der Waals surface area contributed by atoms with Gasteiger partial charge in [0.05, 0.1) is 10.2 Å². The lowest BCUT2D eigenvalue weighted by Crippen LogP contribution is -2.09. The van der Waals surface area contributed by atoms with Crippen molar-refractivity contribution in [2.45, 2.75) is 0 Å². The SMILES string of the molecule is NC(=O)c1c[nH]c(Br)c1. The molecule has 48 valence electrons. The van der Waals surface area contributed by atoms with E-state index in [4.69, 9.17) is 5.73 Å². The lowest BCUT2D eigenvalue weighted by atomic mass is 10.3. The number of nitrogens with two attached hydrogens (primary N) is 1. The molecule has 0 saturated carbocycles. The molecule has 0 aromatic carbocycles. The van der Waals surface area contributed by atoms with E-state index in [2.05, 4.69) is 20.9 Å². The van der Waals surface area contributed by atoms with E-state index in [-0.39, 0.29) is 0 Å². The van der Waals surface area contributed by atoms with Gasteiger partial charge in [0.1, 0.15) is 0 Å². The molecule has 4 heteroatoms. The Bertz CT molecular complexity index is 231. The fourth-order valence-electron chi connectivity index (χ4n) is 0.509. The third-order valence-corrected chi connectivity index (χ3v) is 1.39. The maximum Gasteiger partial charge on any atom is 0.250 e. The van der Waals surface area contributed by atoms with Crippen LogP contribution in [0.5, 0.6) is 0 Å². The van der Waals surface area contributed by atoms with Crippen molar-refractivity contribution in [3.05, 3.63) is 22.4 Å². The molecule has 0 bridgehead atoms. The number of carbonyl (C=O) groups excluding carboxylic acids is 1. The van der Waals surface area contributed by atoms with E-state index in [1.54, 1.807) is 12.3 Å². The Morgan fingerprint density at radius 2 is 2.44 bits per heavy atom. The Kier molecular flexibility index (Phi) is 1.57. The van der Waals surface area contributed by atoms with Gasteiger partial charge in [-0.25, -0.2) is 0 Å². The van der Waals surface area contributed by atoms with Crippen LogP contribution in [0.3, 0.4) is 0 Å². The van der Waals surface area contributed by atoms with Crippen molar-refractivity contribution >= 4 is 21.8 Å². The van der Waals surface area contributed by atoms with Crippen molar-refractivity contribution in [2.24, 2.45) is 5.73 Å². The fourth-order valence-corrected chi connectivity index (χ4v) is 0.870. The monoisotopic (exact) mass is 188 g/mol. The molecule has 0 aliphatic rings. The van der Waals surface area contributed by atoms with Crippen molar-refractivity contribution in [1.29, 1.82) is 0 Å². The van der Waals surface area contributed by atoms with Crippen LogP contribution in [-0.2, 0) is 0 Å². The molecule has 0 aliphatic carbocycles. The van der Waals surface area contributed by atoms with Crippen molar-refractivity contribution < 1.29 is 4.79 Å². The van der Waals surface area contributed by atoms with E-state index in [9.17, 15) is 4.79 Å². The van der Waals surface area contributed by atoms with E-state index < -0.39 is 5.91 Å². The van der Waals surface area contributed by atoms with E-state index in [0.29, 0.717) is 5.56 Å². The molecule has 1 aromatic heterocycles. The summed E-state index contributed by atoms with van der Waals surface area (Å²) in [7, 11) is 0. The Labute approximate surface area is 60.4 Å². The first-order chi connectivity index (χ1) is 4.20. The average molecular weight is 189 g/mol. The summed E-state index contributed by atoms with van der Waals surface area (Å²) in [5, 5.41) is 0. The van der Waals surface area contributed by atoms with Gasteiger partial charge < -0.3 is 10.7 Å². The normalized spacial score (nSPS) is 9.44. The molecule has 0 unspecified atom stereocenters. The van der Waals surface area contributed by atoms with Crippen LogP contribution < -0.4 is 5.73 Å². The first-order valence-corrected chi connectivity index (χ1v) is 3.13. The second kappa shape index (κ2) is 2.23. The Morgan fingerprint density at radius 1 is 1.78 bits per heavy atom. The molecular formula is C5H5BrN2O. The van der Waals surface area contributed by atoms with Gasteiger partial charge in [0.15, 0.2) is 0 Å². The van der Waals surface area contributed by atoms with E-state index in [1.165, 1.54) is 0 Å². The third-order valence-electron chi connectivity index (χ3n) is 0.932. The number of H-pyrrole nitrogens is 1.